The molecule has 0 amide bonds. The predicted molar refractivity (Wildman–Crippen MR) is 87.9 cm³/mol. The van der Waals surface area contributed by atoms with E-state index in [9.17, 15) is 4.79 Å². The molecule has 0 bridgehead atoms. The average molecular weight is 304 g/mol. The molecule has 2 aromatic rings. The van der Waals surface area contributed by atoms with Crippen molar-refractivity contribution >= 4 is 28.7 Å². The second-order valence-electron chi connectivity index (χ2n) is 4.87. The van der Waals surface area contributed by atoms with E-state index in [1.54, 1.807) is 36.5 Å². The van der Waals surface area contributed by atoms with Gasteiger partial charge in [-0.15, -0.1) is 0 Å². The van der Waals surface area contributed by atoms with E-state index in [1.165, 1.54) is 5.56 Å². The third-order valence-electron chi connectivity index (χ3n) is 3.10. The van der Waals surface area contributed by atoms with Crippen LogP contribution in [0.3, 0.4) is 0 Å². The van der Waals surface area contributed by atoms with Crippen molar-refractivity contribution < 1.29 is 9.53 Å². The summed E-state index contributed by atoms with van der Waals surface area (Å²) in [5.41, 5.74) is 8.96. The number of benzene rings is 1. The van der Waals surface area contributed by atoms with Gasteiger partial charge < -0.3 is 15.8 Å². The van der Waals surface area contributed by atoms with E-state index in [0.29, 0.717) is 23.5 Å². The van der Waals surface area contributed by atoms with Gasteiger partial charge in [-0.2, -0.15) is 11.3 Å². The Morgan fingerprint density at radius 3 is 2.90 bits per heavy atom. The number of carbonyl (C=O) groups excluding carboxylic acids is 1. The lowest BCUT2D eigenvalue weighted by molar-refractivity contribution is 0.0527. The summed E-state index contributed by atoms with van der Waals surface area (Å²) in [5, 5.41) is 7.52. The Hall–Kier alpha value is -2.01. The lowest BCUT2D eigenvalue weighted by Gasteiger charge is -2.19. The summed E-state index contributed by atoms with van der Waals surface area (Å²) in [7, 11) is 0. The molecule has 112 valence electrons. The van der Waals surface area contributed by atoms with Gasteiger partial charge >= 0.3 is 5.97 Å². The van der Waals surface area contributed by atoms with E-state index in [1.807, 2.05) is 0 Å². The molecule has 2 rings (SSSR count). The monoisotopic (exact) mass is 304 g/mol. The summed E-state index contributed by atoms with van der Waals surface area (Å²) in [6.45, 7) is 4.20. The Bertz CT molecular complexity index is 596. The van der Waals surface area contributed by atoms with Gasteiger partial charge in [-0.25, -0.2) is 4.79 Å². The topological polar surface area (TPSA) is 64.3 Å². The minimum Gasteiger partial charge on any atom is -0.462 e. The van der Waals surface area contributed by atoms with Crippen LogP contribution in [0, 0.1) is 0 Å². The number of nitrogens with one attached hydrogen (secondary N) is 1. The average Bonchev–Trinajstić information content (AvgIpc) is 2.94. The van der Waals surface area contributed by atoms with E-state index in [4.69, 9.17) is 10.5 Å². The van der Waals surface area contributed by atoms with Gasteiger partial charge in [0.05, 0.1) is 23.5 Å². The standard InChI is InChI=1S/C16H20N2O2S/c1-3-20-16(19)13-5-4-6-14(17)15(13)18-11(2)9-12-7-8-21-10-12/h4-8,10-11,18H,3,9,17H2,1-2H3. The molecule has 4 nitrogen and oxygen atoms in total. The van der Waals surface area contributed by atoms with Crippen LogP contribution in [0.2, 0.25) is 0 Å². The maximum absolute atomic E-state index is 12.0. The number of para-hydroxylation sites is 1. The fourth-order valence-corrected chi connectivity index (χ4v) is 2.85. The molecule has 21 heavy (non-hydrogen) atoms. The van der Waals surface area contributed by atoms with Gasteiger partial charge in [0, 0.05) is 6.04 Å². The van der Waals surface area contributed by atoms with E-state index in [2.05, 4.69) is 29.1 Å². The SMILES string of the molecule is CCOC(=O)c1cccc(N)c1NC(C)Cc1ccsc1. The molecule has 0 radical (unpaired) electrons. The van der Waals surface area contributed by atoms with Crippen molar-refractivity contribution in [1.29, 1.82) is 0 Å². The van der Waals surface area contributed by atoms with Crippen LogP contribution >= 0.6 is 11.3 Å². The van der Waals surface area contributed by atoms with Crippen molar-refractivity contribution in [3.63, 3.8) is 0 Å². The second kappa shape index (κ2) is 7.13. The molecule has 0 spiro atoms. The Morgan fingerprint density at radius 1 is 1.43 bits per heavy atom. The lowest BCUT2D eigenvalue weighted by Crippen LogP contribution is -2.21. The first-order valence-electron chi connectivity index (χ1n) is 6.95. The first-order valence-corrected chi connectivity index (χ1v) is 7.89. The third kappa shape index (κ3) is 3.98. The number of esters is 1. The number of ether oxygens (including phenoxy) is 1. The first-order chi connectivity index (χ1) is 10.1. The highest BCUT2D eigenvalue weighted by Gasteiger charge is 2.16. The zero-order chi connectivity index (χ0) is 15.2. The number of nitrogens with two attached hydrogens (primary N) is 1. The molecule has 1 aromatic carbocycles. The van der Waals surface area contributed by atoms with Crippen molar-refractivity contribution in [1.82, 2.24) is 0 Å². The van der Waals surface area contributed by atoms with E-state index in [0.717, 1.165) is 6.42 Å². The van der Waals surface area contributed by atoms with Crippen LogP contribution in [0.15, 0.2) is 35.0 Å². The number of rotatable bonds is 6. The summed E-state index contributed by atoms with van der Waals surface area (Å²) in [6, 6.07) is 7.54. The number of nitrogen functional groups attached to an aromatic ring is 1. The van der Waals surface area contributed by atoms with Crippen LogP contribution in [0.1, 0.15) is 29.8 Å². The van der Waals surface area contributed by atoms with E-state index < -0.39 is 0 Å². The Labute approximate surface area is 128 Å². The first kappa shape index (κ1) is 15.4. The minimum atomic E-state index is -0.352. The molecule has 1 atom stereocenters. The maximum atomic E-state index is 12.0. The summed E-state index contributed by atoms with van der Waals surface area (Å²) < 4.78 is 5.08. The number of thiophene rings is 1. The largest absolute Gasteiger partial charge is 0.462 e. The number of hydrogen-bond donors (Lipinski definition) is 2. The smallest absolute Gasteiger partial charge is 0.340 e. The molecular weight excluding hydrogens is 284 g/mol. The summed E-state index contributed by atoms with van der Waals surface area (Å²) in [6.07, 6.45) is 0.875. The molecule has 0 saturated carbocycles. The van der Waals surface area contributed by atoms with Crippen LogP contribution in [0.25, 0.3) is 0 Å². The zero-order valence-electron chi connectivity index (χ0n) is 12.3. The molecule has 0 saturated heterocycles. The highest BCUT2D eigenvalue weighted by molar-refractivity contribution is 7.07. The van der Waals surface area contributed by atoms with Gasteiger partial charge in [0.1, 0.15) is 0 Å². The Balaban J connectivity index is 2.16. The molecule has 0 fully saturated rings. The van der Waals surface area contributed by atoms with Gasteiger partial charge in [-0.3, -0.25) is 0 Å². The molecule has 5 heteroatoms. The van der Waals surface area contributed by atoms with Gasteiger partial charge in [-0.1, -0.05) is 6.07 Å². The van der Waals surface area contributed by atoms with Crippen LogP contribution in [0.5, 0.6) is 0 Å². The van der Waals surface area contributed by atoms with E-state index >= 15 is 0 Å². The van der Waals surface area contributed by atoms with Crippen LogP contribution in [0.4, 0.5) is 11.4 Å². The molecule has 1 unspecified atom stereocenters. The Kier molecular flexibility index (Phi) is 5.22. The molecular formula is C16H20N2O2S. The highest BCUT2D eigenvalue weighted by atomic mass is 32.1. The highest BCUT2D eigenvalue weighted by Crippen LogP contribution is 2.25. The molecule has 3 N–H and O–H groups in total. The number of hydrogen-bond acceptors (Lipinski definition) is 5. The molecule has 0 aliphatic rings. The van der Waals surface area contributed by atoms with Crippen LogP contribution in [-0.2, 0) is 11.2 Å². The Morgan fingerprint density at radius 2 is 2.24 bits per heavy atom. The van der Waals surface area contributed by atoms with Crippen molar-refractivity contribution in [2.75, 3.05) is 17.7 Å². The van der Waals surface area contributed by atoms with Crippen molar-refractivity contribution in [3.8, 4) is 0 Å². The third-order valence-corrected chi connectivity index (χ3v) is 3.84. The summed E-state index contributed by atoms with van der Waals surface area (Å²) in [4.78, 5) is 12.0. The zero-order valence-corrected chi connectivity index (χ0v) is 13.1. The molecule has 1 aromatic heterocycles. The van der Waals surface area contributed by atoms with E-state index in [-0.39, 0.29) is 12.0 Å². The van der Waals surface area contributed by atoms with Gasteiger partial charge in [-0.05, 0) is 54.8 Å². The summed E-state index contributed by atoms with van der Waals surface area (Å²) >= 11 is 1.68. The predicted octanol–water partition coefficient (Wildman–Crippen LogP) is 3.55. The fraction of sp³-hybridized carbons (Fsp3) is 0.312. The summed E-state index contributed by atoms with van der Waals surface area (Å²) in [5.74, 6) is -0.352. The van der Waals surface area contributed by atoms with Crippen molar-refractivity contribution in [2.24, 2.45) is 0 Å². The number of carbonyl (C=O) groups is 1. The maximum Gasteiger partial charge on any atom is 0.340 e. The quantitative estimate of drug-likeness (QED) is 0.633. The van der Waals surface area contributed by atoms with Crippen molar-refractivity contribution in [2.45, 2.75) is 26.3 Å². The van der Waals surface area contributed by atoms with Crippen LogP contribution in [-0.4, -0.2) is 18.6 Å². The van der Waals surface area contributed by atoms with Gasteiger partial charge in [0.25, 0.3) is 0 Å². The lowest BCUT2D eigenvalue weighted by atomic mass is 10.1. The van der Waals surface area contributed by atoms with Gasteiger partial charge in [0.2, 0.25) is 0 Å². The molecule has 0 aliphatic carbocycles. The van der Waals surface area contributed by atoms with Gasteiger partial charge in [0.15, 0.2) is 0 Å². The molecule has 1 heterocycles. The molecule has 0 aliphatic heterocycles. The fourth-order valence-electron chi connectivity index (χ4n) is 2.17. The number of anilines is 2. The normalized spacial score (nSPS) is 11.9. The van der Waals surface area contributed by atoms with Crippen molar-refractivity contribution in [3.05, 3.63) is 46.2 Å². The second-order valence-corrected chi connectivity index (χ2v) is 5.65. The minimum absolute atomic E-state index is 0.164. The van der Waals surface area contributed by atoms with Crippen LogP contribution < -0.4 is 11.1 Å².